The van der Waals surface area contributed by atoms with Crippen LogP contribution < -0.4 is 4.74 Å². The van der Waals surface area contributed by atoms with E-state index in [1.165, 1.54) is 0 Å². The van der Waals surface area contributed by atoms with E-state index >= 15 is 0 Å². The van der Waals surface area contributed by atoms with Gasteiger partial charge in [0.1, 0.15) is 5.75 Å². The molecule has 1 aromatic carbocycles. The first-order chi connectivity index (χ1) is 7.84. The van der Waals surface area contributed by atoms with Gasteiger partial charge in [-0.25, -0.2) is 4.79 Å². The lowest BCUT2D eigenvalue weighted by Gasteiger charge is -2.19. The molecule has 0 heterocycles. The molecule has 1 rings (SSSR count). The van der Waals surface area contributed by atoms with Crippen molar-refractivity contribution < 1.29 is 14.6 Å². The van der Waals surface area contributed by atoms with Crippen molar-refractivity contribution in [2.24, 2.45) is 5.41 Å². The third kappa shape index (κ3) is 3.63. The molecule has 0 spiro atoms. The number of hydrogen-bond donors (Lipinski definition) is 1. The largest absolute Gasteiger partial charge is 0.497 e. The van der Waals surface area contributed by atoms with Gasteiger partial charge in [-0.05, 0) is 29.2 Å². The van der Waals surface area contributed by atoms with Crippen molar-refractivity contribution in [3.63, 3.8) is 0 Å². The standard InChI is InChI=1S/C14H18O3/c1-14(2,3)12(13(15)16)9-10-5-7-11(17-4)8-6-10/h5-9H,1-4H3,(H,15,16)/b12-9+. The van der Waals surface area contributed by atoms with Crippen LogP contribution in [0.25, 0.3) is 6.08 Å². The Hall–Kier alpha value is -1.77. The van der Waals surface area contributed by atoms with E-state index in [0.29, 0.717) is 5.57 Å². The molecule has 0 aliphatic heterocycles. The highest BCUT2D eigenvalue weighted by Gasteiger charge is 2.23. The molecule has 0 radical (unpaired) electrons. The summed E-state index contributed by atoms with van der Waals surface area (Å²) in [5, 5.41) is 9.18. The lowest BCUT2D eigenvalue weighted by Crippen LogP contribution is -2.17. The first-order valence-electron chi connectivity index (χ1n) is 5.44. The van der Waals surface area contributed by atoms with Gasteiger partial charge in [0, 0.05) is 5.57 Å². The third-order valence-electron chi connectivity index (χ3n) is 2.47. The number of carboxylic acid groups (broad SMARTS) is 1. The number of ether oxygens (including phenoxy) is 1. The molecule has 3 nitrogen and oxygen atoms in total. The van der Waals surface area contributed by atoms with E-state index in [0.717, 1.165) is 11.3 Å². The van der Waals surface area contributed by atoms with E-state index in [-0.39, 0.29) is 5.41 Å². The maximum atomic E-state index is 11.2. The summed E-state index contributed by atoms with van der Waals surface area (Å²) in [5.74, 6) is -0.122. The molecule has 0 saturated heterocycles. The van der Waals surface area contributed by atoms with E-state index < -0.39 is 5.97 Å². The number of benzene rings is 1. The van der Waals surface area contributed by atoms with E-state index in [1.54, 1.807) is 13.2 Å². The molecule has 1 aromatic rings. The van der Waals surface area contributed by atoms with Crippen molar-refractivity contribution in [2.75, 3.05) is 7.11 Å². The fourth-order valence-corrected chi connectivity index (χ4v) is 1.47. The summed E-state index contributed by atoms with van der Waals surface area (Å²) in [6, 6.07) is 7.31. The zero-order valence-corrected chi connectivity index (χ0v) is 10.7. The second-order valence-corrected chi connectivity index (χ2v) is 4.89. The molecule has 0 aliphatic carbocycles. The number of carbonyl (C=O) groups is 1. The Morgan fingerprint density at radius 3 is 2.12 bits per heavy atom. The van der Waals surface area contributed by atoms with Crippen molar-refractivity contribution in [3.8, 4) is 5.75 Å². The summed E-state index contributed by atoms with van der Waals surface area (Å²) in [6.07, 6.45) is 1.70. The van der Waals surface area contributed by atoms with Crippen molar-refractivity contribution in [2.45, 2.75) is 20.8 Å². The van der Waals surface area contributed by atoms with Crippen molar-refractivity contribution >= 4 is 12.0 Å². The second kappa shape index (κ2) is 5.04. The van der Waals surface area contributed by atoms with Gasteiger partial charge in [-0.15, -0.1) is 0 Å². The molecule has 0 amide bonds. The second-order valence-electron chi connectivity index (χ2n) is 4.89. The normalized spacial score (nSPS) is 12.4. The highest BCUT2D eigenvalue weighted by atomic mass is 16.5. The van der Waals surface area contributed by atoms with E-state index in [1.807, 2.05) is 45.0 Å². The van der Waals surface area contributed by atoms with Crippen LogP contribution in [0.5, 0.6) is 5.75 Å². The van der Waals surface area contributed by atoms with Gasteiger partial charge in [0.05, 0.1) is 7.11 Å². The Labute approximate surface area is 102 Å². The molecule has 17 heavy (non-hydrogen) atoms. The molecule has 3 heteroatoms. The molecule has 0 fully saturated rings. The first kappa shape index (κ1) is 13.3. The average Bonchev–Trinajstić information content (AvgIpc) is 2.24. The molecule has 0 saturated carbocycles. The van der Waals surface area contributed by atoms with Gasteiger partial charge >= 0.3 is 5.97 Å². The predicted molar refractivity (Wildman–Crippen MR) is 68.1 cm³/mol. The van der Waals surface area contributed by atoms with Crippen LogP contribution in [0.2, 0.25) is 0 Å². The summed E-state index contributed by atoms with van der Waals surface area (Å²) in [4.78, 5) is 11.2. The highest BCUT2D eigenvalue weighted by Crippen LogP contribution is 2.27. The molecule has 1 N–H and O–H groups in total. The summed E-state index contributed by atoms with van der Waals surface area (Å²) < 4.78 is 5.05. The minimum Gasteiger partial charge on any atom is -0.497 e. The lowest BCUT2D eigenvalue weighted by molar-refractivity contribution is -0.133. The molecular weight excluding hydrogens is 216 g/mol. The third-order valence-corrected chi connectivity index (χ3v) is 2.47. The van der Waals surface area contributed by atoms with Crippen LogP contribution in [-0.2, 0) is 4.79 Å². The van der Waals surface area contributed by atoms with Gasteiger partial charge in [-0.2, -0.15) is 0 Å². The van der Waals surface area contributed by atoms with E-state index in [4.69, 9.17) is 4.74 Å². The SMILES string of the molecule is COc1ccc(/C=C(\C(=O)O)C(C)(C)C)cc1. The number of carboxylic acids is 1. The van der Waals surface area contributed by atoms with Crippen molar-refractivity contribution in [1.82, 2.24) is 0 Å². The Kier molecular flexibility index (Phi) is 3.94. The van der Waals surface area contributed by atoms with Crippen LogP contribution in [0.4, 0.5) is 0 Å². The molecule has 0 unspecified atom stereocenters. The smallest absolute Gasteiger partial charge is 0.332 e. The van der Waals surface area contributed by atoms with Crippen LogP contribution in [0.15, 0.2) is 29.8 Å². The molecule has 0 atom stereocenters. The molecule has 0 bridgehead atoms. The summed E-state index contributed by atoms with van der Waals surface area (Å²) in [7, 11) is 1.60. The highest BCUT2D eigenvalue weighted by molar-refractivity contribution is 5.93. The predicted octanol–water partition coefficient (Wildman–Crippen LogP) is 3.21. The quantitative estimate of drug-likeness (QED) is 0.817. The van der Waals surface area contributed by atoms with Crippen LogP contribution >= 0.6 is 0 Å². The van der Waals surface area contributed by atoms with Gasteiger partial charge in [-0.3, -0.25) is 0 Å². The Bertz CT molecular complexity index is 422. The van der Waals surface area contributed by atoms with Gasteiger partial charge in [0.2, 0.25) is 0 Å². The van der Waals surface area contributed by atoms with Gasteiger partial charge in [-0.1, -0.05) is 32.9 Å². The zero-order valence-electron chi connectivity index (χ0n) is 10.7. The van der Waals surface area contributed by atoms with E-state index in [9.17, 15) is 9.90 Å². The molecule has 92 valence electrons. The van der Waals surface area contributed by atoms with Gasteiger partial charge in [0.25, 0.3) is 0 Å². The van der Waals surface area contributed by atoms with E-state index in [2.05, 4.69) is 0 Å². The fourth-order valence-electron chi connectivity index (χ4n) is 1.47. The topological polar surface area (TPSA) is 46.5 Å². The Morgan fingerprint density at radius 1 is 1.24 bits per heavy atom. The molecular formula is C14H18O3. The number of rotatable bonds is 3. The Morgan fingerprint density at radius 2 is 1.76 bits per heavy atom. The maximum absolute atomic E-state index is 11.2. The van der Waals surface area contributed by atoms with Crippen molar-refractivity contribution in [1.29, 1.82) is 0 Å². The summed E-state index contributed by atoms with van der Waals surface area (Å²) in [5.41, 5.74) is 0.868. The summed E-state index contributed by atoms with van der Waals surface area (Å²) >= 11 is 0. The summed E-state index contributed by atoms with van der Waals surface area (Å²) in [6.45, 7) is 5.66. The first-order valence-corrected chi connectivity index (χ1v) is 5.44. The Balaban J connectivity index is 3.09. The van der Waals surface area contributed by atoms with Crippen LogP contribution in [0.3, 0.4) is 0 Å². The number of hydrogen-bond acceptors (Lipinski definition) is 2. The lowest BCUT2D eigenvalue weighted by atomic mass is 9.85. The van der Waals surface area contributed by atoms with Crippen molar-refractivity contribution in [3.05, 3.63) is 35.4 Å². The fraction of sp³-hybridized carbons (Fsp3) is 0.357. The minimum atomic E-state index is -0.881. The van der Waals surface area contributed by atoms with Crippen LogP contribution in [0.1, 0.15) is 26.3 Å². The van der Waals surface area contributed by atoms with Crippen LogP contribution in [0, 0.1) is 5.41 Å². The average molecular weight is 234 g/mol. The molecule has 0 aliphatic rings. The maximum Gasteiger partial charge on any atom is 0.332 e. The zero-order chi connectivity index (χ0) is 13.1. The minimum absolute atomic E-state index is 0.383. The van der Waals surface area contributed by atoms with Crippen LogP contribution in [-0.4, -0.2) is 18.2 Å². The van der Waals surface area contributed by atoms with Gasteiger partial charge < -0.3 is 9.84 Å². The van der Waals surface area contributed by atoms with Gasteiger partial charge in [0.15, 0.2) is 0 Å². The number of aliphatic carboxylic acids is 1. The molecule has 0 aromatic heterocycles. The monoisotopic (exact) mass is 234 g/mol. The number of methoxy groups -OCH3 is 1.